The van der Waals surface area contributed by atoms with Gasteiger partial charge in [0.25, 0.3) is 5.91 Å². The van der Waals surface area contributed by atoms with Crippen LogP contribution in [0.1, 0.15) is 18.1 Å². The molecule has 1 N–H and O–H groups in total. The highest BCUT2D eigenvalue weighted by molar-refractivity contribution is 6.36. The van der Waals surface area contributed by atoms with Crippen molar-refractivity contribution in [2.75, 3.05) is 5.32 Å². The van der Waals surface area contributed by atoms with Gasteiger partial charge in [0.2, 0.25) is 0 Å². The lowest BCUT2D eigenvalue weighted by molar-refractivity contribution is -0.148. The molecule has 6 heteroatoms. The van der Waals surface area contributed by atoms with Gasteiger partial charge in [0, 0.05) is 11.1 Å². The van der Waals surface area contributed by atoms with E-state index >= 15 is 0 Å². The number of aryl methyl sites for hydroxylation is 1. The minimum Gasteiger partial charge on any atom is -0.449 e. The quantitative estimate of drug-likeness (QED) is 0.596. The Balaban J connectivity index is 1.94. The van der Waals surface area contributed by atoms with Crippen LogP contribution in [0.25, 0.3) is 6.08 Å². The Hall–Kier alpha value is -2.30. The van der Waals surface area contributed by atoms with Crippen molar-refractivity contribution in [2.24, 2.45) is 0 Å². The van der Waals surface area contributed by atoms with Gasteiger partial charge in [0.1, 0.15) is 0 Å². The molecule has 0 saturated carbocycles. The van der Waals surface area contributed by atoms with E-state index in [0.29, 0.717) is 15.7 Å². The van der Waals surface area contributed by atoms with Crippen molar-refractivity contribution in [3.8, 4) is 0 Å². The lowest BCUT2D eigenvalue weighted by Gasteiger charge is -2.13. The summed E-state index contributed by atoms with van der Waals surface area (Å²) in [6.45, 7) is 3.43. The highest BCUT2D eigenvalue weighted by Gasteiger charge is 2.17. The molecule has 0 aliphatic heterocycles. The van der Waals surface area contributed by atoms with E-state index in [0.717, 1.165) is 11.1 Å². The highest BCUT2D eigenvalue weighted by Crippen LogP contribution is 2.25. The van der Waals surface area contributed by atoms with Crippen LogP contribution >= 0.6 is 23.2 Å². The fourth-order valence-electron chi connectivity index (χ4n) is 2.02. The Bertz CT molecular complexity index is 818. The van der Waals surface area contributed by atoms with Gasteiger partial charge in [-0.1, -0.05) is 47.5 Å². The Morgan fingerprint density at radius 2 is 1.88 bits per heavy atom. The van der Waals surface area contributed by atoms with Crippen LogP contribution in [-0.2, 0) is 14.3 Å². The molecule has 0 bridgehead atoms. The van der Waals surface area contributed by atoms with Crippen LogP contribution in [0.15, 0.2) is 48.5 Å². The van der Waals surface area contributed by atoms with Gasteiger partial charge in [0.05, 0.1) is 10.7 Å². The molecule has 0 fully saturated rings. The SMILES string of the molecule is Cc1ccccc1/C=C/C(=O)O[C@H](C)C(=O)Nc1ccc(Cl)cc1Cl. The van der Waals surface area contributed by atoms with E-state index in [1.165, 1.54) is 19.1 Å². The van der Waals surface area contributed by atoms with E-state index < -0.39 is 18.0 Å². The summed E-state index contributed by atoms with van der Waals surface area (Å²) in [5.74, 6) is -1.09. The van der Waals surface area contributed by atoms with Crippen molar-refractivity contribution in [3.63, 3.8) is 0 Å². The Morgan fingerprint density at radius 3 is 2.56 bits per heavy atom. The number of carbonyl (C=O) groups excluding carboxylic acids is 2. The predicted molar refractivity (Wildman–Crippen MR) is 101 cm³/mol. The molecule has 2 rings (SSSR count). The van der Waals surface area contributed by atoms with Gasteiger partial charge >= 0.3 is 5.97 Å². The normalized spacial score (nSPS) is 12.0. The van der Waals surface area contributed by atoms with E-state index in [9.17, 15) is 9.59 Å². The van der Waals surface area contributed by atoms with Gasteiger partial charge in [-0.3, -0.25) is 4.79 Å². The van der Waals surface area contributed by atoms with Crippen LogP contribution in [0, 0.1) is 6.92 Å². The molecule has 1 amide bonds. The van der Waals surface area contributed by atoms with Crippen molar-refractivity contribution in [3.05, 3.63) is 69.7 Å². The second-order valence-corrected chi connectivity index (χ2v) is 6.23. The zero-order valence-corrected chi connectivity index (χ0v) is 15.3. The summed E-state index contributed by atoms with van der Waals surface area (Å²) in [4.78, 5) is 24.0. The molecule has 2 aromatic carbocycles. The molecule has 0 spiro atoms. The number of hydrogen-bond acceptors (Lipinski definition) is 3. The van der Waals surface area contributed by atoms with E-state index in [2.05, 4.69) is 5.32 Å². The molecule has 0 heterocycles. The minimum absolute atomic E-state index is 0.304. The van der Waals surface area contributed by atoms with Crippen molar-refractivity contribution < 1.29 is 14.3 Å². The number of amides is 1. The first-order valence-electron chi connectivity index (χ1n) is 7.57. The molecular formula is C19H17Cl2NO3. The molecular weight excluding hydrogens is 361 g/mol. The Morgan fingerprint density at radius 1 is 1.16 bits per heavy atom. The first-order valence-corrected chi connectivity index (χ1v) is 8.32. The fraction of sp³-hybridized carbons (Fsp3) is 0.158. The molecule has 25 heavy (non-hydrogen) atoms. The van der Waals surface area contributed by atoms with Crippen molar-refractivity contribution in [2.45, 2.75) is 20.0 Å². The summed E-state index contributed by atoms with van der Waals surface area (Å²) in [6, 6.07) is 12.3. The average Bonchev–Trinajstić information content (AvgIpc) is 2.56. The summed E-state index contributed by atoms with van der Waals surface area (Å²) in [5.41, 5.74) is 2.34. The molecule has 130 valence electrons. The van der Waals surface area contributed by atoms with E-state index in [4.69, 9.17) is 27.9 Å². The van der Waals surface area contributed by atoms with Crippen molar-refractivity contribution in [1.29, 1.82) is 0 Å². The molecule has 4 nitrogen and oxygen atoms in total. The molecule has 0 aliphatic rings. The Labute approximate surface area is 156 Å². The molecule has 2 aromatic rings. The third-order valence-electron chi connectivity index (χ3n) is 3.44. The number of halogens is 2. The van der Waals surface area contributed by atoms with Gasteiger partial charge in [0.15, 0.2) is 6.10 Å². The van der Waals surface area contributed by atoms with Crippen LogP contribution in [0.2, 0.25) is 10.0 Å². The molecule has 0 aliphatic carbocycles. The minimum atomic E-state index is -0.972. The number of rotatable bonds is 5. The van der Waals surface area contributed by atoms with Crippen molar-refractivity contribution >= 4 is 46.8 Å². The number of esters is 1. The largest absolute Gasteiger partial charge is 0.449 e. The second kappa shape index (κ2) is 8.70. The third-order valence-corrected chi connectivity index (χ3v) is 3.99. The van der Waals surface area contributed by atoms with Gasteiger partial charge < -0.3 is 10.1 Å². The van der Waals surface area contributed by atoms with E-state index in [1.807, 2.05) is 31.2 Å². The first kappa shape index (κ1) is 19.0. The van der Waals surface area contributed by atoms with Gasteiger partial charge in [-0.2, -0.15) is 0 Å². The summed E-state index contributed by atoms with van der Waals surface area (Å²) in [7, 11) is 0. The second-order valence-electron chi connectivity index (χ2n) is 5.38. The van der Waals surface area contributed by atoms with Crippen LogP contribution in [0.3, 0.4) is 0 Å². The van der Waals surface area contributed by atoms with E-state index in [1.54, 1.807) is 18.2 Å². The first-order chi connectivity index (χ1) is 11.9. The predicted octanol–water partition coefficient (Wildman–Crippen LogP) is 4.89. The van der Waals surface area contributed by atoms with Crippen LogP contribution in [0.5, 0.6) is 0 Å². The number of benzene rings is 2. The monoisotopic (exact) mass is 377 g/mol. The lowest BCUT2D eigenvalue weighted by atomic mass is 10.1. The zero-order chi connectivity index (χ0) is 18.4. The zero-order valence-electron chi connectivity index (χ0n) is 13.8. The number of nitrogens with one attached hydrogen (secondary N) is 1. The van der Waals surface area contributed by atoms with Crippen LogP contribution in [-0.4, -0.2) is 18.0 Å². The maximum atomic E-state index is 12.1. The van der Waals surface area contributed by atoms with Gasteiger partial charge in [-0.05, 0) is 49.2 Å². The fourth-order valence-corrected chi connectivity index (χ4v) is 2.48. The molecule has 0 saturated heterocycles. The molecule has 0 aromatic heterocycles. The highest BCUT2D eigenvalue weighted by atomic mass is 35.5. The maximum Gasteiger partial charge on any atom is 0.331 e. The Kier molecular flexibility index (Phi) is 6.62. The molecule has 1 atom stereocenters. The lowest BCUT2D eigenvalue weighted by Crippen LogP contribution is -2.29. The summed E-state index contributed by atoms with van der Waals surface area (Å²) >= 11 is 11.8. The summed E-state index contributed by atoms with van der Waals surface area (Å²) in [5, 5.41) is 3.36. The third kappa shape index (κ3) is 5.62. The number of anilines is 1. The van der Waals surface area contributed by atoms with Crippen LogP contribution in [0.4, 0.5) is 5.69 Å². The number of ether oxygens (including phenoxy) is 1. The molecule has 0 radical (unpaired) electrons. The summed E-state index contributed by atoms with van der Waals surface area (Å²) < 4.78 is 5.10. The number of carbonyl (C=O) groups is 2. The number of hydrogen-bond donors (Lipinski definition) is 1. The van der Waals surface area contributed by atoms with Gasteiger partial charge in [-0.15, -0.1) is 0 Å². The van der Waals surface area contributed by atoms with Crippen LogP contribution < -0.4 is 5.32 Å². The average molecular weight is 378 g/mol. The topological polar surface area (TPSA) is 55.4 Å². The van der Waals surface area contributed by atoms with E-state index in [-0.39, 0.29) is 0 Å². The standard InChI is InChI=1S/C19H17Cl2NO3/c1-12-5-3-4-6-14(12)7-10-18(23)25-13(2)19(24)22-17-9-8-15(20)11-16(17)21/h3-11,13H,1-2H3,(H,22,24)/b10-7+/t13-/m1/s1. The molecule has 0 unspecified atom stereocenters. The van der Waals surface area contributed by atoms with Crippen molar-refractivity contribution in [1.82, 2.24) is 0 Å². The van der Waals surface area contributed by atoms with Gasteiger partial charge in [-0.25, -0.2) is 4.79 Å². The summed E-state index contributed by atoms with van der Waals surface area (Å²) in [6.07, 6.45) is 1.97. The maximum absolute atomic E-state index is 12.1. The smallest absolute Gasteiger partial charge is 0.331 e.